The molecule has 4 nitrogen and oxygen atoms in total. The average molecular weight is 340 g/mol. The molecule has 0 aliphatic rings. The number of benzene rings is 2. The van der Waals surface area contributed by atoms with Crippen LogP contribution in [0.4, 0.5) is 0 Å². The van der Waals surface area contributed by atoms with Crippen molar-refractivity contribution in [2.24, 2.45) is 0 Å². The largest absolute Gasteiger partial charge is 0.497 e. The third-order valence-corrected chi connectivity index (χ3v) is 5.18. The molecule has 0 unspecified atom stereocenters. The van der Waals surface area contributed by atoms with Crippen molar-refractivity contribution in [2.75, 3.05) is 13.7 Å². The topological polar surface area (TPSA) is 55.4 Å². The smallest absolute Gasteiger partial charge is 0.242 e. The first-order valence-corrected chi connectivity index (χ1v) is 8.76. The predicted molar refractivity (Wildman–Crippen MR) is 88.0 cm³/mol. The maximum Gasteiger partial charge on any atom is 0.242 e. The van der Waals surface area contributed by atoms with Crippen LogP contribution in [0.15, 0.2) is 53.4 Å². The van der Waals surface area contributed by atoms with E-state index in [-0.39, 0.29) is 9.92 Å². The van der Waals surface area contributed by atoms with E-state index in [1.165, 1.54) is 6.07 Å². The molecule has 0 radical (unpaired) electrons. The molecule has 0 aliphatic carbocycles. The first kappa shape index (κ1) is 16.8. The lowest BCUT2D eigenvalue weighted by Crippen LogP contribution is -2.25. The van der Waals surface area contributed by atoms with Crippen LogP contribution in [0.3, 0.4) is 0 Å². The van der Waals surface area contributed by atoms with Gasteiger partial charge in [-0.15, -0.1) is 0 Å². The summed E-state index contributed by atoms with van der Waals surface area (Å²) in [5, 5.41) is 0.227. The zero-order chi connectivity index (χ0) is 16.0. The molecule has 0 amide bonds. The van der Waals surface area contributed by atoms with E-state index in [2.05, 4.69) is 4.72 Å². The van der Waals surface area contributed by atoms with Crippen LogP contribution >= 0.6 is 11.6 Å². The Bertz CT molecular complexity index is 714. The Balaban J connectivity index is 1.86. The number of rotatable bonds is 7. The minimum atomic E-state index is -3.56. The van der Waals surface area contributed by atoms with Crippen molar-refractivity contribution in [2.45, 2.75) is 17.7 Å². The van der Waals surface area contributed by atoms with Crippen LogP contribution < -0.4 is 9.46 Å². The van der Waals surface area contributed by atoms with Crippen molar-refractivity contribution in [3.63, 3.8) is 0 Å². The van der Waals surface area contributed by atoms with Crippen molar-refractivity contribution >= 4 is 21.6 Å². The minimum absolute atomic E-state index is 0.112. The Hall–Kier alpha value is -1.56. The van der Waals surface area contributed by atoms with Crippen molar-refractivity contribution < 1.29 is 13.2 Å². The van der Waals surface area contributed by atoms with Crippen LogP contribution in [0.25, 0.3) is 0 Å². The molecule has 0 saturated carbocycles. The second-order valence-corrected chi connectivity index (χ2v) is 6.92. The Morgan fingerprint density at radius 3 is 2.41 bits per heavy atom. The molecule has 0 saturated heterocycles. The van der Waals surface area contributed by atoms with E-state index in [0.717, 1.165) is 17.7 Å². The zero-order valence-electron chi connectivity index (χ0n) is 12.3. The predicted octanol–water partition coefficient (Wildman–Crippen LogP) is 3.26. The third kappa shape index (κ3) is 4.47. The number of methoxy groups -OCH3 is 1. The van der Waals surface area contributed by atoms with Crippen molar-refractivity contribution in [1.82, 2.24) is 4.72 Å². The van der Waals surface area contributed by atoms with Crippen LogP contribution in [0, 0.1) is 0 Å². The zero-order valence-corrected chi connectivity index (χ0v) is 13.8. The summed E-state index contributed by atoms with van der Waals surface area (Å²) in [6.45, 7) is 0.361. The van der Waals surface area contributed by atoms with Crippen molar-refractivity contribution in [1.29, 1.82) is 0 Å². The fraction of sp³-hybridized carbons (Fsp3) is 0.250. The van der Waals surface area contributed by atoms with Crippen LogP contribution in [0.2, 0.25) is 5.02 Å². The third-order valence-electron chi connectivity index (χ3n) is 3.22. The molecule has 0 spiro atoms. The normalized spacial score (nSPS) is 11.4. The fourth-order valence-electron chi connectivity index (χ4n) is 2.03. The number of halogens is 1. The second kappa shape index (κ2) is 7.63. The molecule has 0 heterocycles. The lowest BCUT2D eigenvalue weighted by Gasteiger charge is -2.08. The highest BCUT2D eigenvalue weighted by atomic mass is 35.5. The van der Waals surface area contributed by atoms with Gasteiger partial charge in [0.05, 0.1) is 12.1 Å². The monoisotopic (exact) mass is 339 g/mol. The van der Waals surface area contributed by atoms with Crippen LogP contribution in [-0.2, 0) is 16.4 Å². The van der Waals surface area contributed by atoms with Gasteiger partial charge < -0.3 is 4.74 Å². The molecule has 118 valence electrons. The first-order chi connectivity index (χ1) is 10.5. The maximum absolute atomic E-state index is 12.1. The molecule has 2 rings (SSSR count). The maximum atomic E-state index is 12.1. The van der Waals surface area contributed by atoms with Gasteiger partial charge in [0, 0.05) is 6.54 Å². The summed E-state index contributed by atoms with van der Waals surface area (Å²) in [7, 11) is -1.93. The van der Waals surface area contributed by atoms with E-state index in [1.807, 2.05) is 24.3 Å². The minimum Gasteiger partial charge on any atom is -0.497 e. The van der Waals surface area contributed by atoms with E-state index >= 15 is 0 Å². The van der Waals surface area contributed by atoms with Crippen LogP contribution in [0.1, 0.15) is 12.0 Å². The van der Waals surface area contributed by atoms with E-state index in [9.17, 15) is 8.42 Å². The highest BCUT2D eigenvalue weighted by Gasteiger charge is 2.16. The van der Waals surface area contributed by atoms with Gasteiger partial charge in [0.25, 0.3) is 0 Å². The van der Waals surface area contributed by atoms with Crippen molar-refractivity contribution in [3.05, 3.63) is 59.1 Å². The molecule has 1 N–H and O–H groups in total. The van der Waals surface area contributed by atoms with Gasteiger partial charge in [-0.3, -0.25) is 0 Å². The molecule has 0 aromatic heterocycles. The number of sulfonamides is 1. The Morgan fingerprint density at radius 2 is 1.77 bits per heavy atom. The van der Waals surface area contributed by atoms with Gasteiger partial charge in [-0.2, -0.15) is 0 Å². The number of hydrogen-bond acceptors (Lipinski definition) is 3. The van der Waals surface area contributed by atoms with E-state index < -0.39 is 10.0 Å². The summed E-state index contributed by atoms with van der Waals surface area (Å²) in [6.07, 6.45) is 1.49. The summed E-state index contributed by atoms with van der Waals surface area (Å²) in [5.74, 6) is 0.808. The van der Waals surface area contributed by atoms with Gasteiger partial charge in [0.2, 0.25) is 10.0 Å². The van der Waals surface area contributed by atoms with E-state index in [0.29, 0.717) is 13.0 Å². The highest BCUT2D eigenvalue weighted by Crippen LogP contribution is 2.20. The van der Waals surface area contributed by atoms with Gasteiger partial charge in [0.1, 0.15) is 10.6 Å². The summed E-state index contributed by atoms with van der Waals surface area (Å²) in [5.41, 5.74) is 1.14. The molecule has 2 aromatic rings. The molecular weight excluding hydrogens is 322 g/mol. The molecule has 2 aromatic carbocycles. The van der Waals surface area contributed by atoms with E-state index in [1.54, 1.807) is 25.3 Å². The number of ether oxygens (including phenoxy) is 1. The number of hydrogen-bond donors (Lipinski definition) is 1. The lowest BCUT2D eigenvalue weighted by molar-refractivity contribution is 0.414. The van der Waals surface area contributed by atoms with E-state index in [4.69, 9.17) is 16.3 Å². The van der Waals surface area contributed by atoms with Gasteiger partial charge in [0.15, 0.2) is 0 Å². The fourth-order valence-corrected chi connectivity index (χ4v) is 3.62. The average Bonchev–Trinajstić information content (AvgIpc) is 2.52. The number of aryl methyl sites for hydroxylation is 1. The first-order valence-electron chi connectivity index (χ1n) is 6.90. The summed E-state index contributed by atoms with van der Waals surface area (Å²) in [6, 6.07) is 14.1. The van der Waals surface area contributed by atoms with Gasteiger partial charge in [-0.25, -0.2) is 13.1 Å². The Labute approximate surface area is 136 Å². The standard InChI is InChI=1S/C16H18ClNO3S/c1-21-14-10-8-13(9-11-14)5-4-12-18-22(19,20)16-7-3-2-6-15(16)17/h2-3,6-11,18H,4-5,12H2,1H3. The van der Waals surface area contributed by atoms with Gasteiger partial charge >= 0.3 is 0 Å². The summed E-state index contributed by atoms with van der Waals surface area (Å²) >= 11 is 5.91. The molecule has 22 heavy (non-hydrogen) atoms. The van der Waals surface area contributed by atoms with Gasteiger partial charge in [-0.05, 0) is 42.7 Å². The molecule has 0 atom stereocenters. The summed E-state index contributed by atoms with van der Waals surface area (Å²) < 4.78 is 31.9. The van der Waals surface area contributed by atoms with Crippen molar-refractivity contribution in [3.8, 4) is 5.75 Å². The SMILES string of the molecule is COc1ccc(CCCNS(=O)(=O)c2ccccc2Cl)cc1. The summed E-state index contributed by atoms with van der Waals surface area (Å²) in [4.78, 5) is 0.112. The lowest BCUT2D eigenvalue weighted by atomic mass is 10.1. The second-order valence-electron chi connectivity index (χ2n) is 4.78. The molecule has 0 bridgehead atoms. The number of nitrogens with one attached hydrogen (secondary N) is 1. The molecule has 0 aliphatic heterocycles. The Morgan fingerprint density at radius 1 is 1.09 bits per heavy atom. The molecule has 0 fully saturated rings. The highest BCUT2D eigenvalue weighted by molar-refractivity contribution is 7.89. The molecular formula is C16H18ClNO3S. The van der Waals surface area contributed by atoms with Gasteiger partial charge in [-0.1, -0.05) is 35.9 Å². The quantitative estimate of drug-likeness (QED) is 0.788. The van der Waals surface area contributed by atoms with Crippen LogP contribution in [-0.4, -0.2) is 22.1 Å². The Kier molecular flexibility index (Phi) is 5.83. The van der Waals surface area contributed by atoms with Crippen LogP contribution in [0.5, 0.6) is 5.75 Å². The molecule has 6 heteroatoms.